The van der Waals surface area contributed by atoms with E-state index >= 15 is 0 Å². The van der Waals surface area contributed by atoms with Gasteiger partial charge in [0.05, 0.1) is 23.4 Å². The predicted octanol–water partition coefficient (Wildman–Crippen LogP) is 3.32. The lowest BCUT2D eigenvalue weighted by atomic mass is 10.1. The number of amides is 1. The van der Waals surface area contributed by atoms with Crippen LogP contribution in [0.25, 0.3) is 0 Å². The van der Waals surface area contributed by atoms with Gasteiger partial charge in [-0.25, -0.2) is 4.39 Å². The van der Waals surface area contributed by atoms with Crippen molar-refractivity contribution >= 4 is 28.9 Å². The summed E-state index contributed by atoms with van der Waals surface area (Å²) < 4.78 is 18.3. The fourth-order valence-electron chi connectivity index (χ4n) is 1.69. The van der Waals surface area contributed by atoms with Crippen LogP contribution in [-0.4, -0.2) is 13.0 Å². The third-order valence-corrected chi connectivity index (χ3v) is 3.01. The lowest BCUT2D eigenvalue weighted by Gasteiger charge is -2.10. The van der Waals surface area contributed by atoms with Gasteiger partial charge in [0.2, 0.25) is 0 Å². The van der Waals surface area contributed by atoms with Crippen LogP contribution in [0.4, 0.5) is 15.8 Å². The number of benzene rings is 2. The van der Waals surface area contributed by atoms with Gasteiger partial charge in [0.1, 0.15) is 11.6 Å². The zero-order chi connectivity index (χ0) is 14.7. The number of halogens is 2. The molecule has 2 aromatic rings. The van der Waals surface area contributed by atoms with Crippen molar-refractivity contribution in [2.45, 2.75) is 0 Å². The van der Waals surface area contributed by atoms with Crippen molar-refractivity contribution in [1.29, 1.82) is 0 Å². The van der Waals surface area contributed by atoms with Gasteiger partial charge in [-0.3, -0.25) is 4.79 Å². The molecular formula is C14H12ClFN2O2. The van der Waals surface area contributed by atoms with E-state index in [0.29, 0.717) is 11.4 Å². The number of carbonyl (C=O) groups excluding carboxylic acids is 1. The SMILES string of the molecule is COc1cccc(C(=O)Nc2ccc(Cl)c(F)c2)c1N. The van der Waals surface area contributed by atoms with Crippen LogP contribution in [0, 0.1) is 5.82 Å². The molecule has 0 atom stereocenters. The summed E-state index contributed by atoms with van der Waals surface area (Å²) in [4.78, 5) is 12.1. The van der Waals surface area contributed by atoms with E-state index < -0.39 is 11.7 Å². The van der Waals surface area contributed by atoms with Gasteiger partial charge in [-0.2, -0.15) is 0 Å². The first kappa shape index (κ1) is 14.1. The number of ether oxygens (including phenoxy) is 1. The van der Waals surface area contributed by atoms with Gasteiger partial charge >= 0.3 is 0 Å². The van der Waals surface area contributed by atoms with Gasteiger partial charge in [-0.05, 0) is 30.3 Å². The number of methoxy groups -OCH3 is 1. The summed E-state index contributed by atoms with van der Waals surface area (Å²) in [6.45, 7) is 0. The van der Waals surface area contributed by atoms with Crippen molar-refractivity contribution in [1.82, 2.24) is 0 Å². The highest BCUT2D eigenvalue weighted by molar-refractivity contribution is 6.30. The Morgan fingerprint density at radius 1 is 1.35 bits per heavy atom. The average Bonchev–Trinajstić information content (AvgIpc) is 2.43. The fourth-order valence-corrected chi connectivity index (χ4v) is 1.81. The van der Waals surface area contributed by atoms with E-state index in [1.54, 1.807) is 18.2 Å². The second-order valence-corrected chi connectivity index (χ2v) is 4.41. The highest BCUT2D eigenvalue weighted by Gasteiger charge is 2.13. The topological polar surface area (TPSA) is 64.3 Å². The second-order valence-electron chi connectivity index (χ2n) is 4.00. The van der Waals surface area contributed by atoms with E-state index in [1.807, 2.05) is 0 Å². The quantitative estimate of drug-likeness (QED) is 0.854. The van der Waals surface area contributed by atoms with Crippen molar-refractivity contribution in [3.8, 4) is 5.75 Å². The fraction of sp³-hybridized carbons (Fsp3) is 0.0714. The summed E-state index contributed by atoms with van der Waals surface area (Å²) in [5.41, 5.74) is 6.59. The largest absolute Gasteiger partial charge is 0.495 e. The van der Waals surface area contributed by atoms with Crippen LogP contribution < -0.4 is 15.8 Å². The molecule has 0 radical (unpaired) electrons. The summed E-state index contributed by atoms with van der Waals surface area (Å²) in [5.74, 6) is -0.661. The zero-order valence-corrected chi connectivity index (χ0v) is 11.4. The first-order chi connectivity index (χ1) is 9.52. The van der Waals surface area contributed by atoms with Gasteiger partial charge in [0.25, 0.3) is 5.91 Å². The Morgan fingerprint density at radius 3 is 2.75 bits per heavy atom. The Kier molecular flexibility index (Phi) is 4.10. The van der Waals surface area contributed by atoms with Crippen LogP contribution in [0.2, 0.25) is 5.02 Å². The van der Waals surface area contributed by atoms with Crippen LogP contribution in [0.1, 0.15) is 10.4 Å². The molecule has 4 nitrogen and oxygen atoms in total. The zero-order valence-electron chi connectivity index (χ0n) is 10.6. The number of para-hydroxylation sites is 1. The van der Waals surface area contributed by atoms with E-state index in [2.05, 4.69) is 5.32 Å². The maximum Gasteiger partial charge on any atom is 0.257 e. The molecule has 0 aliphatic heterocycles. The Balaban J connectivity index is 2.26. The molecule has 0 heterocycles. The summed E-state index contributed by atoms with van der Waals surface area (Å²) in [6.07, 6.45) is 0. The number of nitrogens with one attached hydrogen (secondary N) is 1. The van der Waals surface area contributed by atoms with Crippen LogP contribution >= 0.6 is 11.6 Å². The molecule has 2 aromatic carbocycles. The first-order valence-corrected chi connectivity index (χ1v) is 6.09. The first-order valence-electron chi connectivity index (χ1n) is 5.72. The molecular weight excluding hydrogens is 283 g/mol. The summed E-state index contributed by atoms with van der Waals surface area (Å²) >= 11 is 5.57. The van der Waals surface area contributed by atoms with E-state index in [-0.39, 0.29) is 16.3 Å². The number of rotatable bonds is 3. The minimum absolute atomic E-state index is 0.0103. The number of carbonyl (C=O) groups is 1. The molecule has 0 aliphatic rings. The molecule has 0 bridgehead atoms. The summed E-state index contributed by atoms with van der Waals surface area (Å²) in [5, 5.41) is 2.53. The van der Waals surface area contributed by atoms with Crippen LogP contribution in [-0.2, 0) is 0 Å². The lowest BCUT2D eigenvalue weighted by Crippen LogP contribution is -2.14. The molecule has 3 N–H and O–H groups in total. The molecule has 2 rings (SSSR count). The van der Waals surface area contributed by atoms with Gasteiger partial charge in [-0.1, -0.05) is 17.7 Å². The number of anilines is 2. The maximum atomic E-state index is 13.3. The Morgan fingerprint density at radius 2 is 2.10 bits per heavy atom. The van der Waals surface area contributed by atoms with Crippen molar-refractivity contribution in [3.63, 3.8) is 0 Å². The van der Waals surface area contributed by atoms with E-state index in [4.69, 9.17) is 22.1 Å². The van der Waals surface area contributed by atoms with E-state index in [1.165, 1.54) is 19.2 Å². The normalized spacial score (nSPS) is 10.2. The molecule has 1 amide bonds. The third-order valence-electron chi connectivity index (χ3n) is 2.71. The number of nitrogen functional groups attached to an aromatic ring is 1. The summed E-state index contributed by atoms with van der Waals surface area (Å²) in [6, 6.07) is 8.85. The lowest BCUT2D eigenvalue weighted by molar-refractivity contribution is 0.102. The van der Waals surface area contributed by atoms with E-state index in [0.717, 1.165) is 6.07 Å². The molecule has 6 heteroatoms. The smallest absolute Gasteiger partial charge is 0.257 e. The van der Waals surface area contributed by atoms with Gasteiger partial charge in [0, 0.05) is 5.69 Å². The minimum atomic E-state index is -0.608. The van der Waals surface area contributed by atoms with Gasteiger partial charge < -0.3 is 15.8 Å². The molecule has 0 saturated heterocycles. The second kappa shape index (κ2) is 5.79. The molecule has 0 saturated carbocycles. The predicted molar refractivity (Wildman–Crippen MR) is 76.8 cm³/mol. The third kappa shape index (κ3) is 2.83. The maximum absolute atomic E-state index is 13.3. The standard InChI is InChI=1S/C14H12ClFN2O2/c1-20-12-4-2-3-9(13(12)17)14(19)18-8-5-6-10(15)11(16)7-8/h2-7H,17H2,1H3,(H,18,19). The van der Waals surface area contributed by atoms with Crippen molar-refractivity contribution in [2.75, 3.05) is 18.2 Å². The van der Waals surface area contributed by atoms with Crippen LogP contribution in [0.3, 0.4) is 0 Å². The van der Waals surface area contributed by atoms with Crippen molar-refractivity contribution in [2.24, 2.45) is 0 Å². The van der Waals surface area contributed by atoms with Crippen molar-refractivity contribution in [3.05, 3.63) is 52.8 Å². The monoisotopic (exact) mass is 294 g/mol. The molecule has 0 aromatic heterocycles. The molecule has 0 aliphatic carbocycles. The Bertz CT molecular complexity index is 662. The Hall–Kier alpha value is -2.27. The minimum Gasteiger partial charge on any atom is -0.495 e. The van der Waals surface area contributed by atoms with Crippen molar-refractivity contribution < 1.29 is 13.9 Å². The number of hydrogen-bond donors (Lipinski definition) is 2. The molecule has 104 valence electrons. The van der Waals surface area contributed by atoms with Gasteiger partial charge in [-0.15, -0.1) is 0 Å². The van der Waals surface area contributed by atoms with Crippen LogP contribution in [0.5, 0.6) is 5.75 Å². The van der Waals surface area contributed by atoms with E-state index in [9.17, 15) is 9.18 Å². The number of hydrogen-bond acceptors (Lipinski definition) is 3. The van der Waals surface area contributed by atoms with Crippen LogP contribution in [0.15, 0.2) is 36.4 Å². The number of nitrogens with two attached hydrogens (primary N) is 1. The molecule has 0 fully saturated rings. The van der Waals surface area contributed by atoms with Gasteiger partial charge in [0.15, 0.2) is 0 Å². The highest BCUT2D eigenvalue weighted by Crippen LogP contribution is 2.26. The summed E-state index contributed by atoms with van der Waals surface area (Å²) in [7, 11) is 1.46. The molecule has 0 spiro atoms. The molecule has 0 unspecified atom stereocenters. The molecule has 20 heavy (non-hydrogen) atoms. The average molecular weight is 295 g/mol. The Labute approximate surface area is 120 Å². The highest BCUT2D eigenvalue weighted by atomic mass is 35.5.